The minimum atomic E-state index is -2.54. The van der Waals surface area contributed by atoms with Crippen LogP contribution in [0.15, 0.2) is 0 Å². The van der Waals surface area contributed by atoms with Crippen LogP contribution >= 0.6 is 0 Å². The first kappa shape index (κ1) is 18.3. The van der Waals surface area contributed by atoms with E-state index in [1.165, 1.54) is 51.8 Å². The van der Waals surface area contributed by atoms with Crippen molar-refractivity contribution in [2.45, 2.75) is 83.5 Å². The fourth-order valence-electron chi connectivity index (χ4n) is 2.86. The van der Waals surface area contributed by atoms with Gasteiger partial charge in [-0.3, -0.25) is 0 Å². The molecule has 0 aromatic carbocycles. The van der Waals surface area contributed by atoms with Gasteiger partial charge in [0.25, 0.3) is 0 Å². The number of rotatable bonds is 11. The van der Waals surface area contributed by atoms with Crippen LogP contribution in [0.2, 0.25) is 17.2 Å². The molecule has 0 aliphatic carbocycles. The van der Waals surface area contributed by atoms with E-state index in [4.69, 9.17) is 0 Å². The monoisotopic (exact) mass is 363 g/mol. The first-order chi connectivity index (χ1) is 8.54. The van der Waals surface area contributed by atoms with Crippen molar-refractivity contribution in [1.29, 1.82) is 0 Å². The first-order valence-corrected chi connectivity index (χ1v) is 15.4. The number of carbonyl (C=O) groups excluding carboxylic acids is 1. The molecule has 0 radical (unpaired) electrons. The van der Waals surface area contributed by atoms with Crippen molar-refractivity contribution in [1.82, 2.24) is 0 Å². The third kappa shape index (κ3) is 5.94. The van der Waals surface area contributed by atoms with Crippen molar-refractivity contribution in [3.05, 3.63) is 0 Å². The molecule has 0 heterocycles. The van der Waals surface area contributed by atoms with E-state index in [0.29, 0.717) is 0 Å². The molecule has 0 aliphatic heterocycles. The van der Waals surface area contributed by atoms with Crippen molar-refractivity contribution in [2.24, 2.45) is 0 Å². The number of hydrogen-bond acceptors (Lipinski definition) is 2. The third-order valence-corrected chi connectivity index (χ3v) is 21.8. The summed E-state index contributed by atoms with van der Waals surface area (Å²) >= 11 is -2.54. The van der Waals surface area contributed by atoms with Crippen LogP contribution in [0.3, 0.4) is 0 Å². The second kappa shape index (κ2) is 10.1. The van der Waals surface area contributed by atoms with Gasteiger partial charge in [0.2, 0.25) is 0 Å². The van der Waals surface area contributed by atoms with Crippen LogP contribution in [0.5, 0.6) is 0 Å². The molecule has 108 valence electrons. The first-order valence-electron chi connectivity index (χ1n) is 7.74. The van der Waals surface area contributed by atoms with Gasteiger partial charge < -0.3 is 0 Å². The predicted octanol–water partition coefficient (Wildman–Crippen LogP) is 3.98. The van der Waals surface area contributed by atoms with Crippen molar-refractivity contribution in [2.75, 3.05) is 0 Å². The van der Waals surface area contributed by atoms with E-state index < -0.39 is 24.3 Å². The van der Waals surface area contributed by atoms with Crippen LogP contribution in [-0.4, -0.2) is 24.3 Å². The summed E-state index contributed by atoms with van der Waals surface area (Å²) in [5, 5.41) is 11.4. The van der Waals surface area contributed by atoms with Crippen LogP contribution in [0.25, 0.3) is 0 Å². The quantitative estimate of drug-likeness (QED) is 0.522. The summed E-state index contributed by atoms with van der Waals surface area (Å²) in [7, 11) is 0. The number of carbonyl (C=O) groups is 1. The van der Waals surface area contributed by atoms with Gasteiger partial charge in [-0.2, -0.15) is 0 Å². The Balaban J connectivity index is 4.89. The summed E-state index contributed by atoms with van der Waals surface area (Å²) in [4.78, 5) is 11.4. The van der Waals surface area contributed by atoms with Gasteiger partial charge in [-0.25, -0.2) is 0 Å². The topological polar surface area (TPSA) is 40.1 Å². The van der Waals surface area contributed by atoms with Gasteiger partial charge in [0.1, 0.15) is 0 Å². The predicted molar refractivity (Wildman–Crippen MR) is 79.3 cm³/mol. The maximum atomic E-state index is 11.4. The number of unbranched alkanes of at least 4 members (excludes halogenated alkanes) is 3. The van der Waals surface area contributed by atoms with Gasteiger partial charge >= 0.3 is 118 Å². The molecule has 1 atom stereocenters. The zero-order valence-electron chi connectivity index (χ0n) is 12.8. The third-order valence-electron chi connectivity index (χ3n) is 4.36. The van der Waals surface area contributed by atoms with Crippen LogP contribution in [0.4, 0.5) is 0 Å². The average Bonchev–Trinajstić information content (AvgIpc) is 2.37. The molecule has 1 unspecified atom stereocenters. The van der Waals surface area contributed by atoms with E-state index in [9.17, 15) is 9.90 Å². The molecular formula is C15H31O2Sn-. The molecule has 0 spiro atoms. The Labute approximate surface area is 117 Å². The van der Waals surface area contributed by atoms with E-state index in [0.717, 1.165) is 0 Å². The van der Waals surface area contributed by atoms with E-state index >= 15 is 0 Å². The van der Waals surface area contributed by atoms with Crippen LogP contribution in [0, 0.1) is 0 Å². The van der Waals surface area contributed by atoms with E-state index in [2.05, 4.69) is 20.8 Å². The van der Waals surface area contributed by atoms with Crippen molar-refractivity contribution < 1.29 is 9.90 Å². The summed E-state index contributed by atoms with van der Waals surface area (Å²) in [6, 6.07) is 0. The fraction of sp³-hybridized carbons (Fsp3) is 0.933. The molecule has 0 amide bonds. The van der Waals surface area contributed by atoms with Gasteiger partial charge in [-0.05, 0) is 0 Å². The Bertz CT molecular complexity index is 207. The Hall–Kier alpha value is 0.269. The number of carboxylic acid groups (broad SMARTS) is 1. The molecule has 3 heteroatoms. The molecule has 2 nitrogen and oxygen atoms in total. The summed E-state index contributed by atoms with van der Waals surface area (Å²) in [5.41, 5.74) is 0. The normalized spacial score (nSPS) is 13.6. The molecule has 0 aromatic rings. The summed E-state index contributed by atoms with van der Waals surface area (Å²) in [5.74, 6) is -0.769. The summed E-state index contributed by atoms with van der Waals surface area (Å²) in [6.07, 6.45) is 7.24. The molecular weight excluding hydrogens is 331 g/mol. The zero-order chi connectivity index (χ0) is 14.0. The van der Waals surface area contributed by atoms with Gasteiger partial charge in [-0.15, -0.1) is 0 Å². The van der Waals surface area contributed by atoms with Gasteiger partial charge in [-0.1, -0.05) is 0 Å². The van der Waals surface area contributed by atoms with Crippen molar-refractivity contribution in [3.8, 4) is 0 Å². The van der Waals surface area contributed by atoms with Gasteiger partial charge in [0, 0.05) is 0 Å². The molecule has 18 heavy (non-hydrogen) atoms. The molecule has 0 N–H and O–H groups in total. The van der Waals surface area contributed by atoms with Gasteiger partial charge in [0.15, 0.2) is 0 Å². The average molecular weight is 362 g/mol. The molecule has 0 rings (SSSR count). The Morgan fingerprint density at radius 1 is 0.944 bits per heavy atom. The van der Waals surface area contributed by atoms with E-state index in [1.54, 1.807) is 0 Å². The minimum absolute atomic E-state index is 0.107. The van der Waals surface area contributed by atoms with E-state index in [1.807, 2.05) is 6.92 Å². The van der Waals surface area contributed by atoms with Crippen molar-refractivity contribution in [3.63, 3.8) is 0 Å². The summed E-state index contributed by atoms with van der Waals surface area (Å²) in [6.45, 7) is 8.58. The molecule has 0 aliphatic rings. The molecule has 0 bridgehead atoms. The Kier molecular flexibility index (Phi) is 10.3. The number of carboxylic acids is 1. The Morgan fingerprint density at radius 2 is 1.28 bits per heavy atom. The van der Waals surface area contributed by atoms with Crippen LogP contribution in [-0.2, 0) is 4.79 Å². The number of aliphatic carboxylic acids is 1. The zero-order valence-corrected chi connectivity index (χ0v) is 15.6. The molecule has 0 aromatic heterocycles. The molecule has 0 saturated carbocycles. The van der Waals surface area contributed by atoms with Crippen LogP contribution < -0.4 is 5.11 Å². The summed E-state index contributed by atoms with van der Waals surface area (Å²) < 4.78 is 3.64. The number of hydrogen-bond donors (Lipinski definition) is 0. The maximum absolute atomic E-state index is 11.4. The standard InChI is InChI=1S/3C4H9.C3H5O2.Sn/c3*1-3-4-2;1-2-3(4)5;/h3*1,3-4H2,2H3;2H,1H3,(H,4,5);/p-1. The van der Waals surface area contributed by atoms with Crippen LogP contribution in [0.1, 0.15) is 66.2 Å². The molecule has 0 fully saturated rings. The second-order valence-corrected chi connectivity index (χ2v) is 20.2. The SMILES string of the molecule is CCC[CH2][Sn]([CH2]CCC)([CH2]CCC)[CH](C)C(=O)[O-]. The second-order valence-electron chi connectivity index (χ2n) is 5.71. The molecule has 0 saturated heterocycles. The Morgan fingerprint density at radius 3 is 1.50 bits per heavy atom. The van der Waals surface area contributed by atoms with E-state index in [-0.39, 0.29) is 3.93 Å². The van der Waals surface area contributed by atoms with Crippen molar-refractivity contribution >= 4 is 24.3 Å². The fourth-order valence-corrected chi connectivity index (χ4v) is 19.2. The van der Waals surface area contributed by atoms with Gasteiger partial charge in [0.05, 0.1) is 0 Å².